The molecule has 0 aliphatic heterocycles. The maximum absolute atomic E-state index is 10.9. The van der Waals surface area contributed by atoms with Gasteiger partial charge in [-0.1, -0.05) is 35.5 Å². The number of rotatable bonds is 3. The summed E-state index contributed by atoms with van der Waals surface area (Å²) in [7, 11) is 0. The van der Waals surface area contributed by atoms with Gasteiger partial charge in [0.1, 0.15) is 5.52 Å². The lowest BCUT2D eigenvalue weighted by Crippen LogP contribution is -1.93. The highest BCUT2D eigenvalue weighted by Gasteiger charge is 2.11. The van der Waals surface area contributed by atoms with Gasteiger partial charge in [0.2, 0.25) is 5.70 Å². The van der Waals surface area contributed by atoms with Gasteiger partial charge in [0.05, 0.1) is 17.0 Å². The van der Waals surface area contributed by atoms with Crippen molar-refractivity contribution in [3.63, 3.8) is 0 Å². The van der Waals surface area contributed by atoms with Crippen molar-refractivity contribution in [2.45, 2.75) is 0 Å². The highest BCUT2D eigenvalue weighted by molar-refractivity contribution is 5.85. The van der Waals surface area contributed by atoms with Crippen molar-refractivity contribution >= 4 is 28.6 Å². The van der Waals surface area contributed by atoms with E-state index in [2.05, 4.69) is 15.2 Å². The molecule has 0 saturated heterocycles. The van der Waals surface area contributed by atoms with Crippen LogP contribution in [0, 0.1) is 16.7 Å². The first kappa shape index (κ1) is 13.5. The Bertz CT molecular complexity index is 922. The summed E-state index contributed by atoms with van der Waals surface area (Å²) in [6.45, 7) is 7.31. The van der Waals surface area contributed by atoms with E-state index in [1.165, 1.54) is 29.1 Å². The zero-order chi connectivity index (χ0) is 15.5. The van der Waals surface area contributed by atoms with Crippen LogP contribution < -0.4 is 0 Å². The lowest BCUT2D eigenvalue weighted by molar-refractivity contribution is -0.384. The Morgan fingerprint density at radius 3 is 2.73 bits per heavy atom. The summed E-state index contributed by atoms with van der Waals surface area (Å²) in [5.74, 6) is 0. The summed E-state index contributed by atoms with van der Waals surface area (Å²) in [5, 5.41) is 18.7. The van der Waals surface area contributed by atoms with E-state index in [1.54, 1.807) is 0 Å². The molecule has 0 unspecified atom stereocenters. The molecule has 106 valence electrons. The molecule has 3 aromatic rings. The fraction of sp³-hybridized carbons (Fsp3) is 0. The van der Waals surface area contributed by atoms with E-state index in [4.69, 9.17) is 6.57 Å². The Labute approximate surface area is 125 Å². The van der Waals surface area contributed by atoms with Gasteiger partial charge in [0.25, 0.3) is 5.69 Å². The van der Waals surface area contributed by atoms with E-state index in [9.17, 15) is 10.1 Å². The molecule has 0 bridgehead atoms. The summed E-state index contributed by atoms with van der Waals surface area (Å²) < 4.78 is 1.38. The lowest BCUT2D eigenvalue weighted by atomic mass is 10.2. The smallest absolute Gasteiger partial charge is 0.258 e. The van der Waals surface area contributed by atoms with Crippen molar-refractivity contribution in [3.05, 3.63) is 75.6 Å². The Morgan fingerprint density at radius 1 is 1.27 bits per heavy atom. The van der Waals surface area contributed by atoms with Gasteiger partial charge in [-0.3, -0.25) is 10.1 Å². The molecule has 22 heavy (non-hydrogen) atoms. The van der Waals surface area contributed by atoms with Crippen LogP contribution in [0.3, 0.4) is 0 Å². The first-order valence-corrected chi connectivity index (χ1v) is 6.33. The van der Waals surface area contributed by atoms with E-state index in [0.29, 0.717) is 16.7 Å². The molecule has 1 heterocycles. The molecular formula is C15H9N5O2. The maximum Gasteiger partial charge on any atom is 0.271 e. The lowest BCUT2D eigenvalue weighted by Gasteiger charge is -1.99. The standard InChI is InChI=1S/C15H9N5O2/c1-16-14(11-5-3-2-4-6-11)10-19-15-9-12(20(21)22)7-8-13(15)17-18-19/h2-10H/b14-10-. The minimum Gasteiger partial charge on any atom is -0.258 e. The molecule has 0 aliphatic rings. The number of hydrogen-bond acceptors (Lipinski definition) is 4. The number of nitro groups is 1. The summed E-state index contributed by atoms with van der Waals surface area (Å²) >= 11 is 0. The average molecular weight is 291 g/mol. The van der Waals surface area contributed by atoms with Crippen LogP contribution in [-0.4, -0.2) is 19.9 Å². The number of benzene rings is 2. The number of non-ortho nitro benzene ring substituents is 1. The molecule has 0 N–H and O–H groups in total. The quantitative estimate of drug-likeness (QED) is 0.421. The summed E-state index contributed by atoms with van der Waals surface area (Å²) in [5.41, 5.74) is 2.07. The van der Waals surface area contributed by atoms with Crippen LogP contribution in [0.25, 0.3) is 27.8 Å². The van der Waals surface area contributed by atoms with Crippen LogP contribution in [0.15, 0.2) is 48.5 Å². The Hall–Kier alpha value is -3.53. The second-order valence-corrected chi connectivity index (χ2v) is 4.46. The Kier molecular flexibility index (Phi) is 3.34. The Balaban J connectivity index is 2.13. The van der Waals surface area contributed by atoms with Gasteiger partial charge in [-0.05, 0) is 11.6 Å². The molecule has 0 fully saturated rings. The van der Waals surface area contributed by atoms with Crippen LogP contribution in [-0.2, 0) is 0 Å². The van der Waals surface area contributed by atoms with Gasteiger partial charge in [-0.2, -0.15) is 0 Å². The summed E-state index contributed by atoms with van der Waals surface area (Å²) in [6.07, 6.45) is 1.52. The second kappa shape index (κ2) is 5.46. The molecule has 2 aromatic carbocycles. The maximum atomic E-state index is 10.9. The van der Waals surface area contributed by atoms with Gasteiger partial charge >= 0.3 is 0 Å². The summed E-state index contributed by atoms with van der Waals surface area (Å²) in [4.78, 5) is 13.9. The van der Waals surface area contributed by atoms with Crippen molar-refractivity contribution in [1.29, 1.82) is 0 Å². The van der Waals surface area contributed by atoms with Crippen molar-refractivity contribution in [1.82, 2.24) is 15.0 Å². The fourth-order valence-corrected chi connectivity index (χ4v) is 2.03. The molecule has 7 nitrogen and oxygen atoms in total. The molecule has 7 heteroatoms. The number of hydrogen-bond donors (Lipinski definition) is 0. The number of nitro benzene ring substituents is 1. The summed E-state index contributed by atoms with van der Waals surface area (Å²) in [6, 6.07) is 13.4. The second-order valence-electron chi connectivity index (χ2n) is 4.46. The normalized spacial score (nSPS) is 11.3. The molecule has 0 saturated carbocycles. The minimum atomic E-state index is -0.479. The highest BCUT2D eigenvalue weighted by Crippen LogP contribution is 2.22. The zero-order valence-corrected chi connectivity index (χ0v) is 11.2. The molecule has 0 atom stereocenters. The molecule has 1 aromatic heterocycles. The third kappa shape index (κ3) is 2.41. The monoisotopic (exact) mass is 291 g/mol. The van der Waals surface area contributed by atoms with Gasteiger partial charge < -0.3 is 0 Å². The van der Waals surface area contributed by atoms with E-state index < -0.39 is 4.92 Å². The van der Waals surface area contributed by atoms with E-state index in [0.717, 1.165) is 5.56 Å². The highest BCUT2D eigenvalue weighted by atomic mass is 16.6. The molecule has 0 spiro atoms. The van der Waals surface area contributed by atoms with Crippen LogP contribution in [0.4, 0.5) is 5.69 Å². The minimum absolute atomic E-state index is 0.0477. The predicted molar refractivity (Wildman–Crippen MR) is 81.4 cm³/mol. The first-order chi connectivity index (χ1) is 10.7. The average Bonchev–Trinajstić information content (AvgIpc) is 2.95. The predicted octanol–water partition coefficient (Wildman–Crippen LogP) is 3.21. The molecule has 0 radical (unpaired) electrons. The van der Waals surface area contributed by atoms with Crippen LogP contribution >= 0.6 is 0 Å². The van der Waals surface area contributed by atoms with Crippen molar-refractivity contribution < 1.29 is 4.92 Å². The zero-order valence-electron chi connectivity index (χ0n) is 11.2. The van der Waals surface area contributed by atoms with Gasteiger partial charge in [-0.15, -0.1) is 5.10 Å². The van der Waals surface area contributed by atoms with Crippen molar-refractivity contribution in [2.24, 2.45) is 0 Å². The van der Waals surface area contributed by atoms with Crippen LogP contribution in [0.2, 0.25) is 0 Å². The SMILES string of the molecule is [C-]#[N+]/C(=C\n1nnc2ccc([N+](=O)[O-])cc21)c1ccccc1. The number of nitrogens with zero attached hydrogens (tertiary/aromatic N) is 5. The van der Waals surface area contributed by atoms with Crippen LogP contribution in [0.1, 0.15) is 5.56 Å². The van der Waals surface area contributed by atoms with E-state index in [1.807, 2.05) is 30.3 Å². The van der Waals surface area contributed by atoms with Crippen molar-refractivity contribution in [2.75, 3.05) is 0 Å². The number of aromatic nitrogens is 3. The molecule has 0 amide bonds. The van der Waals surface area contributed by atoms with E-state index in [-0.39, 0.29) is 5.69 Å². The van der Waals surface area contributed by atoms with Crippen LogP contribution in [0.5, 0.6) is 0 Å². The van der Waals surface area contributed by atoms with E-state index >= 15 is 0 Å². The molecule has 3 rings (SSSR count). The topological polar surface area (TPSA) is 78.2 Å². The molecular weight excluding hydrogens is 282 g/mol. The number of fused-ring (bicyclic) bond motifs is 1. The van der Waals surface area contributed by atoms with Gasteiger partial charge in [0.15, 0.2) is 0 Å². The first-order valence-electron chi connectivity index (χ1n) is 6.33. The van der Waals surface area contributed by atoms with Gasteiger partial charge in [0, 0.05) is 18.3 Å². The fourth-order valence-electron chi connectivity index (χ4n) is 2.03. The third-order valence-corrected chi connectivity index (χ3v) is 3.10. The largest absolute Gasteiger partial charge is 0.271 e. The Morgan fingerprint density at radius 2 is 2.05 bits per heavy atom. The van der Waals surface area contributed by atoms with Crippen molar-refractivity contribution in [3.8, 4) is 0 Å². The molecule has 0 aliphatic carbocycles. The van der Waals surface area contributed by atoms with Gasteiger partial charge in [-0.25, -0.2) is 9.53 Å². The third-order valence-electron chi connectivity index (χ3n) is 3.10.